The quantitative estimate of drug-likeness (QED) is 0.774. The number of rotatable bonds is 6. The first-order chi connectivity index (χ1) is 11.0. The molecule has 0 aliphatic carbocycles. The van der Waals surface area contributed by atoms with Crippen LogP contribution in [-0.4, -0.2) is 84.4 Å². The van der Waals surface area contributed by atoms with Crippen LogP contribution in [-0.2, 0) is 9.59 Å². The zero-order valence-corrected chi connectivity index (χ0v) is 14.9. The molecule has 1 N–H and O–H groups in total. The summed E-state index contributed by atoms with van der Waals surface area (Å²) in [6.07, 6.45) is 3.23. The lowest BCUT2D eigenvalue weighted by Crippen LogP contribution is -2.55. The summed E-state index contributed by atoms with van der Waals surface area (Å²) in [6.45, 7) is 11.8. The second kappa shape index (κ2) is 8.64. The number of nitrogens with zero attached hydrogens (tertiary/aromatic N) is 3. The van der Waals surface area contributed by atoms with Crippen LogP contribution < -0.4 is 5.32 Å². The summed E-state index contributed by atoms with van der Waals surface area (Å²) in [4.78, 5) is 30.8. The Morgan fingerprint density at radius 1 is 1.00 bits per heavy atom. The van der Waals surface area contributed by atoms with Gasteiger partial charge < -0.3 is 10.2 Å². The first kappa shape index (κ1) is 18.2. The number of carbonyl (C=O) groups is 2. The number of amides is 2. The Labute approximate surface area is 140 Å². The van der Waals surface area contributed by atoms with Crippen LogP contribution in [0, 0.1) is 0 Å². The SMILES string of the molecule is CCC(C)NC(=O)CN1CCN(C(C)C(=O)N2CCCC2)CC1. The first-order valence-electron chi connectivity index (χ1n) is 9.05. The molecule has 23 heavy (non-hydrogen) atoms. The minimum atomic E-state index is -0.0378. The van der Waals surface area contributed by atoms with Gasteiger partial charge in [-0.25, -0.2) is 0 Å². The molecule has 2 aliphatic heterocycles. The first-order valence-corrected chi connectivity index (χ1v) is 9.05. The molecule has 132 valence electrons. The summed E-state index contributed by atoms with van der Waals surface area (Å²) >= 11 is 0. The van der Waals surface area contributed by atoms with Gasteiger partial charge in [0.1, 0.15) is 0 Å². The summed E-state index contributed by atoms with van der Waals surface area (Å²) in [5, 5.41) is 3.01. The highest BCUT2D eigenvalue weighted by Crippen LogP contribution is 2.13. The topological polar surface area (TPSA) is 55.9 Å². The van der Waals surface area contributed by atoms with Crippen LogP contribution in [0.1, 0.15) is 40.0 Å². The van der Waals surface area contributed by atoms with Gasteiger partial charge in [0.05, 0.1) is 12.6 Å². The largest absolute Gasteiger partial charge is 0.353 e. The van der Waals surface area contributed by atoms with E-state index in [-0.39, 0.29) is 23.9 Å². The number of carbonyl (C=O) groups excluding carboxylic acids is 2. The molecule has 2 atom stereocenters. The minimum Gasteiger partial charge on any atom is -0.353 e. The van der Waals surface area contributed by atoms with Crippen molar-refractivity contribution in [3.63, 3.8) is 0 Å². The fraction of sp³-hybridized carbons (Fsp3) is 0.882. The number of likely N-dealkylation sites (tertiary alicyclic amines) is 1. The van der Waals surface area contributed by atoms with Gasteiger partial charge in [-0.2, -0.15) is 0 Å². The maximum atomic E-state index is 12.5. The molecule has 0 aromatic rings. The van der Waals surface area contributed by atoms with Crippen LogP contribution in [0.25, 0.3) is 0 Å². The van der Waals surface area contributed by atoms with E-state index in [0.29, 0.717) is 6.54 Å². The highest BCUT2D eigenvalue weighted by atomic mass is 16.2. The van der Waals surface area contributed by atoms with E-state index in [0.717, 1.165) is 58.5 Å². The molecule has 0 saturated carbocycles. The van der Waals surface area contributed by atoms with E-state index in [1.807, 2.05) is 18.7 Å². The lowest BCUT2D eigenvalue weighted by Gasteiger charge is -2.38. The van der Waals surface area contributed by atoms with Crippen LogP contribution in [0.5, 0.6) is 0 Å². The number of hydrogen-bond acceptors (Lipinski definition) is 4. The van der Waals surface area contributed by atoms with Crippen molar-refractivity contribution in [3.05, 3.63) is 0 Å². The van der Waals surface area contributed by atoms with Crippen molar-refractivity contribution in [1.82, 2.24) is 20.0 Å². The van der Waals surface area contributed by atoms with Crippen molar-refractivity contribution in [3.8, 4) is 0 Å². The summed E-state index contributed by atoms with van der Waals surface area (Å²) in [5.74, 6) is 0.374. The van der Waals surface area contributed by atoms with Gasteiger partial charge in [0, 0.05) is 45.3 Å². The standard InChI is InChI=1S/C17H32N4O2/c1-4-14(2)18-16(22)13-19-9-11-20(12-10-19)15(3)17(23)21-7-5-6-8-21/h14-15H,4-13H2,1-3H3,(H,18,22). The molecular formula is C17H32N4O2. The van der Waals surface area contributed by atoms with Crippen molar-refractivity contribution in [1.29, 1.82) is 0 Å². The van der Waals surface area contributed by atoms with Gasteiger partial charge in [-0.05, 0) is 33.1 Å². The van der Waals surface area contributed by atoms with E-state index in [2.05, 4.69) is 22.0 Å². The van der Waals surface area contributed by atoms with Crippen LogP contribution in [0.3, 0.4) is 0 Å². The number of hydrogen-bond donors (Lipinski definition) is 1. The predicted molar refractivity (Wildman–Crippen MR) is 91.2 cm³/mol. The third kappa shape index (κ3) is 5.18. The summed E-state index contributed by atoms with van der Waals surface area (Å²) < 4.78 is 0. The predicted octanol–water partition coefficient (Wildman–Crippen LogP) is 0.530. The van der Waals surface area contributed by atoms with Crippen LogP contribution in [0.4, 0.5) is 0 Å². The van der Waals surface area contributed by atoms with Crippen LogP contribution in [0.2, 0.25) is 0 Å². The van der Waals surface area contributed by atoms with Crippen molar-refractivity contribution < 1.29 is 9.59 Å². The Morgan fingerprint density at radius 3 is 2.17 bits per heavy atom. The van der Waals surface area contributed by atoms with E-state index in [1.54, 1.807) is 0 Å². The zero-order valence-electron chi connectivity index (χ0n) is 14.9. The Balaban J connectivity index is 1.72. The molecule has 2 amide bonds. The Hall–Kier alpha value is -1.14. The fourth-order valence-corrected chi connectivity index (χ4v) is 3.29. The Kier molecular flexibility index (Phi) is 6.84. The van der Waals surface area contributed by atoms with Crippen molar-refractivity contribution in [2.24, 2.45) is 0 Å². The van der Waals surface area contributed by atoms with E-state index in [1.165, 1.54) is 0 Å². The van der Waals surface area contributed by atoms with Gasteiger partial charge in [0.15, 0.2) is 0 Å². The van der Waals surface area contributed by atoms with E-state index < -0.39 is 0 Å². The second-order valence-corrected chi connectivity index (χ2v) is 6.90. The molecule has 6 heteroatoms. The van der Waals surface area contributed by atoms with Gasteiger partial charge in [0.25, 0.3) is 0 Å². The van der Waals surface area contributed by atoms with Gasteiger partial charge in [-0.3, -0.25) is 19.4 Å². The smallest absolute Gasteiger partial charge is 0.239 e. The molecule has 0 bridgehead atoms. The van der Waals surface area contributed by atoms with Gasteiger partial charge >= 0.3 is 0 Å². The highest BCUT2D eigenvalue weighted by molar-refractivity contribution is 5.81. The summed E-state index contributed by atoms with van der Waals surface area (Å²) in [6, 6.07) is 0.200. The third-order valence-corrected chi connectivity index (χ3v) is 5.12. The summed E-state index contributed by atoms with van der Waals surface area (Å²) in [7, 11) is 0. The Bertz CT molecular complexity index is 401. The molecule has 2 fully saturated rings. The molecule has 2 saturated heterocycles. The molecule has 0 radical (unpaired) electrons. The minimum absolute atomic E-state index is 0.0378. The van der Waals surface area contributed by atoms with Crippen LogP contribution >= 0.6 is 0 Å². The number of piperazine rings is 1. The average molecular weight is 324 g/mol. The lowest BCUT2D eigenvalue weighted by molar-refractivity contribution is -0.136. The van der Waals surface area contributed by atoms with Gasteiger partial charge in [-0.1, -0.05) is 6.92 Å². The molecule has 2 aliphatic rings. The Morgan fingerprint density at radius 2 is 1.61 bits per heavy atom. The number of nitrogens with one attached hydrogen (secondary N) is 1. The van der Waals surface area contributed by atoms with Gasteiger partial charge in [-0.15, -0.1) is 0 Å². The molecule has 2 rings (SSSR count). The maximum Gasteiger partial charge on any atom is 0.239 e. The van der Waals surface area contributed by atoms with Crippen molar-refractivity contribution in [2.75, 3.05) is 45.8 Å². The van der Waals surface area contributed by atoms with E-state index >= 15 is 0 Å². The molecule has 6 nitrogen and oxygen atoms in total. The monoisotopic (exact) mass is 324 g/mol. The molecule has 2 unspecified atom stereocenters. The molecule has 2 heterocycles. The van der Waals surface area contributed by atoms with Crippen molar-refractivity contribution >= 4 is 11.8 Å². The fourth-order valence-electron chi connectivity index (χ4n) is 3.29. The summed E-state index contributed by atoms with van der Waals surface area (Å²) in [5.41, 5.74) is 0. The molecule has 0 aromatic carbocycles. The molecule has 0 spiro atoms. The van der Waals surface area contributed by atoms with Crippen molar-refractivity contribution in [2.45, 2.75) is 52.1 Å². The van der Waals surface area contributed by atoms with Gasteiger partial charge in [0.2, 0.25) is 11.8 Å². The normalized spacial score (nSPS) is 22.8. The average Bonchev–Trinajstić information content (AvgIpc) is 3.08. The zero-order chi connectivity index (χ0) is 16.8. The van der Waals surface area contributed by atoms with E-state index in [9.17, 15) is 9.59 Å². The molecule has 0 aromatic heterocycles. The third-order valence-electron chi connectivity index (χ3n) is 5.12. The lowest BCUT2D eigenvalue weighted by atomic mass is 10.2. The van der Waals surface area contributed by atoms with Crippen LogP contribution in [0.15, 0.2) is 0 Å². The van der Waals surface area contributed by atoms with E-state index in [4.69, 9.17) is 0 Å². The molecular weight excluding hydrogens is 292 g/mol. The highest BCUT2D eigenvalue weighted by Gasteiger charge is 2.30. The second-order valence-electron chi connectivity index (χ2n) is 6.90. The maximum absolute atomic E-state index is 12.5.